The molecule has 4 nitrogen and oxygen atoms in total. The van der Waals surface area contributed by atoms with Crippen LogP contribution in [0.15, 0.2) is 72.8 Å². The van der Waals surface area contributed by atoms with Gasteiger partial charge in [-0.2, -0.15) is 0 Å². The summed E-state index contributed by atoms with van der Waals surface area (Å²) in [6.45, 7) is 2.20. The van der Waals surface area contributed by atoms with Crippen LogP contribution in [0.3, 0.4) is 0 Å². The van der Waals surface area contributed by atoms with Crippen molar-refractivity contribution in [3.63, 3.8) is 0 Å². The fourth-order valence-electron chi connectivity index (χ4n) is 3.67. The van der Waals surface area contributed by atoms with E-state index in [0.29, 0.717) is 5.56 Å². The SMILES string of the molecule is CNc1ccc(-c2ccccc2)cc1NC(=O)c1ccc(N2CCCC2)cc1. The number of carbonyl (C=O) groups excluding carboxylic acids is 1. The number of hydrogen-bond donors (Lipinski definition) is 2. The van der Waals surface area contributed by atoms with Crippen LogP contribution < -0.4 is 15.5 Å². The first-order valence-corrected chi connectivity index (χ1v) is 9.78. The van der Waals surface area contributed by atoms with E-state index in [-0.39, 0.29) is 5.91 Å². The molecule has 1 saturated heterocycles. The maximum absolute atomic E-state index is 12.8. The van der Waals surface area contributed by atoms with Crippen LogP contribution in [0.2, 0.25) is 0 Å². The van der Waals surface area contributed by atoms with Crippen LogP contribution in [0.5, 0.6) is 0 Å². The maximum atomic E-state index is 12.8. The minimum atomic E-state index is -0.102. The monoisotopic (exact) mass is 371 g/mol. The molecular weight excluding hydrogens is 346 g/mol. The molecule has 1 aliphatic rings. The highest BCUT2D eigenvalue weighted by molar-refractivity contribution is 6.06. The predicted octanol–water partition coefficient (Wildman–Crippen LogP) is 5.25. The lowest BCUT2D eigenvalue weighted by molar-refractivity contribution is 0.102. The summed E-state index contributed by atoms with van der Waals surface area (Å²) in [5.41, 5.74) is 5.71. The van der Waals surface area contributed by atoms with E-state index < -0.39 is 0 Å². The van der Waals surface area contributed by atoms with Gasteiger partial charge in [-0.05, 0) is 60.4 Å². The average molecular weight is 371 g/mol. The van der Waals surface area contributed by atoms with Crippen molar-refractivity contribution < 1.29 is 4.79 Å². The summed E-state index contributed by atoms with van der Waals surface area (Å²) in [7, 11) is 1.86. The second kappa shape index (κ2) is 8.17. The first-order valence-electron chi connectivity index (χ1n) is 9.78. The number of hydrogen-bond acceptors (Lipinski definition) is 3. The molecule has 0 aliphatic carbocycles. The molecule has 1 amide bonds. The number of amides is 1. The molecule has 0 unspecified atom stereocenters. The van der Waals surface area contributed by atoms with Crippen molar-refractivity contribution in [1.29, 1.82) is 0 Å². The van der Waals surface area contributed by atoms with Crippen LogP contribution in [0.25, 0.3) is 11.1 Å². The normalized spacial score (nSPS) is 13.4. The molecule has 4 heteroatoms. The van der Waals surface area contributed by atoms with Crippen LogP contribution in [0.4, 0.5) is 17.1 Å². The quantitative estimate of drug-likeness (QED) is 0.644. The minimum absolute atomic E-state index is 0.102. The van der Waals surface area contributed by atoms with E-state index in [1.807, 2.05) is 61.6 Å². The van der Waals surface area contributed by atoms with Gasteiger partial charge in [0.15, 0.2) is 0 Å². The zero-order valence-electron chi connectivity index (χ0n) is 16.1. The summed E-state index contributed by atoms with van der Waals surface area (Å²) >= 11 is 0. The Balaban J connectivity index is 1.55. The second-order valence-corrected chi connectivity index (χ2v) is 7.07. The summed E-state index contributed by atoms with van der Waals surface area (Å²) in [6, 6.07) is 24.1. The molecule has 1 fully saturated rings. The number of benzene rings is 3. The number of nitrogens with one attached hydrogen (secondary N) is 2. The third-order valence-corrected chi connectivity index (χ3v) is 5.24. The molecule has 2 N–H and O–H groups in total. The van der Waals surface area contributed by atoms with Crippen molar-refractivity contribution >= 4 is 23.0 Å². The van der Waals surface area contributed by atoms with Gasteiger partial charge < -0.3 is 15.5 Å². The number of nitrogens with zero attached hydrogens (tertiary/aromatic N) is 1. The van der Waals surface area contributed by atoms with E-state index in [1.165, 1.54) is 18.5 Å². The van der Waals surface area contributed by atoms with E-state index in [9.17, 15) is 4.79 Å². The Bertz CT molecular complexity index is 945. The fraction of sp³-hybridized carbons (Fsp3) is 0.208. The van der Waals surface area contributed by atoms with Gasteiger partial charge in [-0.3, -0.25) is 4.79 Å². The lowest BCUT2D eigenvalue weighted by Gasteiger charge is -2.18. The highest BCUT2D eigenvalue weighted by atomic mass is 16.1. The zero-order valence-corrected chi connectivity index (χ0v) is 16.1. The number of rotatable bonds is 5. The van der Waals surface area contributed by atoms with Gasteiger partial charge in [0.25, 0.3) is 5.91 Å². The Morgan fingerprint density at radius 3 is 2.21 bits per heavy atom. The van der Waals surface area contributed by atoms with Gasteiger partial charge in [-0.1, -0.05) is 36.4 Å². The minimum Gasteiger partial charge on any atom is -0.386 e. The molecule has 1 heterocycles. The third-order valence-electron chi connectivity index (χ3n) is 5.24. The molecule has 1 aliphatic heterocycles. The Morgan fingerprint density at radius 2 is 1.54 bits per heavy atom. The standard InChI is InChI=1S/C24H25N3O/c1-25-22-14-11-20(18-7-3-2-4-8-18)17-23(22)26-24(28)19-9-12-21(13-10-19)27-15-5-6-16-27/h2-4,7-14,17,25H,5-6,15-16H2,1H3,(H,26,28). The van der Waals surface area contributed by atoms with E-state index in [1.54, 1.807) is 0 Å². The Morgan fingerprint density at radius 1 is 0.821 bits per heavy atom. The topological polar surface area (TPSA) is 44.4 Å². The molecule has 3 aromatic carbocycles. The van der Waals surface area contributed by atoms with Gasteiger partial charge in [-0.15, -0.1) is 0 Å². The Hall–Kier alpha value is -3.27. The van der Waals surface area contributed by atoms with Gasteiger partial charge >= 0.3 is 0 Å². The Labute approximate surface area is 166 Å². The van der Waals surface area contributed by atoms with Gasteiger partial charge in [0.05, 0.1) is 11.4 Å². The highest BCUT2D eigenvalue weighted by Gasteiger charge is 2.14. The van der Waals surface area contributed by atoms with Crippen LogP contribution in [-0.4, -0.2) is 26.0 Å². The molecule has 4 rings (SSSR count). The average Bonchev–Trinajstić information content (AvgIpc) is 3.29. The molecule has 3 aromatic rings. The molecule has 0 atom stereocenters. The lowest BCUT2D eigenvalue weighted by Crippen LogP contribution is -2.18. The van der Waals surface area contributed by atoms with Crippen LogP contribution >= 0.6 is 0 Å². The summed E-state index contributed by atoms with van der Waals surface area (Å²) in [6.07, 6.45) is 2.49. The van der Waals surface area contributed by atoms with E-state index in [4.69, 9.17) is 0 Å². The fourth-order valence-corrected chi connectivity index (χ4v) is 3.67. The number of anilines is 3. The number of carbonyl (C=O) groups is 1. The van der Waals surface area contributed by atoms with Gasteiger partial charge in [-0.25, -0.2) is 0 Å². The van der Waals surface area contributed by atoms with Crippen molar-refractivity contribution in [2.75, 3.05) is 35.7 Å². The van der Waals surface area contributed by atoms with Crippen molar-refractivity contribution in [1.82, 2.24) is 0 Å². The van der Waals surface area contributed by atoms with Crippen molar-refractivity contribution in [3.8, 4) is 11.1 Å². The van der Waals surface area contributed by atoms with Gasteiger partial charge in [0.1, 0.15) is 0 Å². The van der Waals surface area contributed by atoms with Crippen LogP contribution in [-0.2, 0) is 0 Å². The zero-order chi connectivity index (χ0) is 19.3. The van der Waals surface area contributed by atoms with Crippen molar-refractivity contribution in [3.05, 3.63) is 78.4 Å². The highest BCUT2D eigenvalue weighted by Crippen LogP contribution is 2.29. The maximum Gasteiger partial charge on any atom is 0.255 e. The first kappa shape index (κ1) is 18.1. The lowest BCUT2D eigenvalue weighted by atomic mass is 10.0. The largest absolute Gasteiger partial charge is 0.386 e. The van der Waals surface area contributed by atoms with Crippen LogP contribution in [0.1, 0.15) is 23.2 Å². The van der Waals surface area contributed by atoms with E-state index in [2.05, 4.69) is 33.7 Å². The summed E-state index contributed by atoms with van der Waals surface area (Å²) < 4.78 is 0. The van der Waals surface area contributed by atoms with E-state index >= 15 is 0 Å². The smallest absolute Gasteiger partial charge is 0.255 e. The summed E-state index contributed by atoms with van der Waals surface area (Å²) in [5.74, 6) is -0.102. The molecule has 142 valence electrons. The molecule has 0 spiro atoms. The summed E-state index contributed by atoms with van der Waals surface area (Å²) in [4.78, 5) is 15.2. The van der Waals surface area contributed by atoms with Gasteiger partial charge in [0.2, 0.25) is 0 Å². The van der Waals surface area contributed by atoms with Gasteiger partial charge in [0, 0.05) is 31.4 Å². The molecule has 0 radical (unpaired) electrons. The second-order valence-electron chi connectivity index (χ2n) is 7.07. The molecule has 28 heavy (non-hydrogen) atoms. The molecule has 0 saturated carbocycles. The predicted molar refractivity (Wildman–Crippen MR) is 117 cm³/mol. The third kappa shape index (κ3) is 3.86. The van der Waals surface area contributed by atoms with Crippen molar-refractivity contribution in [2.24, 2.45) is 0 Å². The summed E-state index contributed by atoms with van der Waals surface area (Å²) in [5, 5.41) is 6.22. The van der Waals surface area contributed by atoms with Crippen molar-refractivity contribution in [2.45, 2.75) is 12.8 Å². The Kier molecular flexibility index (Phi) is 5.29. The molecular formula is C24H25N3O. The molecule has 0 bridgehead atoms. The molecule has 0 aromatic heterocycles. The van der Waals surface area contributed by atoms with Crippen LogP contribution in [0, 0.1) is 0 Å². The van der Waals surface area contributed by atoms with E-state index in [0.717, 1.165) is 35.6 Å². The first-order chi connectivity index (χ1) is 13.7.